The van der Waals surface area contributed by atoms with E-state index in [0.717, 1.165) is 17.7 Å². The number of anilines is 1. The predicted molar refractivity (Wildman–Crippen MR) is 76.5 cm³/mol. The van der Waals surface area contributed by atoms with Crippen LogP contribution in [0.1, 0.15) is 35.7 Å². The lowest BCUT2D eigenvalue weighted by Gasteiger charge is -2.05. The van der Waals surface area contributed by atoms with E-state index >= 15 is 0 Å². The Morgan fingerprint density at radius 3 is 2.80 bits per heavy atom. The second kappa shape index (κ2) is 6.06. The molecule has 1 aromatic carbocycles. The molecule has 1 amide bonds. The lowest BCUT2D eigenvalue weighted by Crippen LogP contribution is -2.11. The molecular weight excluding hydrogens is 256 g/mol. The summed E-state index contributed by atoms with van der Waals surface area (Å²) in [6.45, 7) is 3.64. The van der Waals surface area contributed by atoms with Crippen LogP contribution in [0, 0.1) is 0 Å². The van der Waals surface area contributed by atoms with Gasteiger partial charge in [0.25, 0.3) is 5.91 Å². The van der Waals surface area contributed by atoms with Crippen LogP contribution in [0.2, 0.25) is 0 Å². The minimum Gasteiger partial charge on any atom is -0.456 e. The monoisotopic (exact) mass is 272 g/mol. The van der Waals surface area contributed by atoms with Crippen molar-refractivity contribution in [1.29, 1.82) is 0 Å². The standard InChI is InChI=1S/C15H16N2O3/c1-3-13-7-8-14(20-13)15(18)16-12-6-4-5-11(9-12)10(2)17-19/h4-9,19H,3H2,1-2H3,(H,16,18). The minimum atomic E-state index is -0.305. The SMILES string of the molecule is CCc1ccc(C(=O)Nc2cccc(C(C)=NO)c2)o1. The lowest BCUT2D eigenvalue weighted by atomic mass is 10.1. The van der Waals surface area contributed by atoms with E-state index in [1.165, 1.54) is 0 Å². The number of oxime groups is 1. The summed E-state index contributed by atoms with van der Waals surface area (Å²) >= 11 is 0. The van der Waals surface area contributed by atoms with Crippen molar-refractivity contribution < 1.29 is 14.4 Å². The summed E-state index contributed by atoms with van der Waals surface area (Å²) in [7, 11) is 0. The van der Waals surface area contributed by atoms with Crippen LogP contribution in [0.15, 0.2) is 46.0 Å². The number of hydrogen-bond acceptors (Lipinski definition) is 4. The Hall–Kier alpha value is -2.56. The number of carbonyl (C=O) groups is 1. The molecule has 5 nitrogen and oxygen atoms in total. The van der Waals surface area contributed by atoms with Crippen LogP contribution in [-0.4, -0.2) is 16.8 Å². The molecule has 1 aromatic heterocycles. The summed E-state index contributed by atoms with van der Waals surface area (Å²) in [5.41, 5.74) is 1.83. The number of amides is 1. The van der Waals surface area contributed by atoms with Crippen LogP contribution in [-0.2, 0) is 6.42 Å². The minimum absolute atomic E-state index is 0.278. The van der Waals surface area contributed by atoms with Crippen molar-refractivity contribution in [2.75, 3.05) is 5.32 Å². The van der Waals surface area contributed by atoms with Crippen LogP contribution in [0.5, 0.6) is 0 Å². The van der Waals surface area contributed by atoms with E-state index in [4.69, 9.17) is 9.62 Å². The van der Waals surface area contributed by atoms with Gasteiger partial charge >= 0.3 is 0 Å². The fourth-order valence-corrected chi connectivity index (χ4v) is 1.76. The molecule has 0 aliphatic rings. The van der Waals surface area contributed by atoms with Gasteiger partial charge < -0.3 is 14.9 Å². The lowest BCUT2D eigenvalue weighted by molar-refractivity contribution is 0.0995. The number of nitrogens with one attached hydrogen (secondary N) is 1. The van der Waals surface area contributed by atoms with Gasteiger partial charge in [-0.15, -0.1) is 0 Å². The molecule has 0 atom stereocenters. The molecule has 0 fully saturated rings. The normalized spacial score (nSPS) is 11.4. The van der Waals surface area contributed by atoms with E-state index in [2.05, 4.69) is 10.5 Å². The summed E-state index contributed by atoms with van der Waals surface area (Å²) in [6, 6.07) is 10.5. The molecule has 5 heteroatoms. The van der Waals surface area contributed by atoms with Crippen molar-refractivity contribution in [2.45, 2.75) is 20.3 Å². The van der Waals surface area contributed by atoms with Crippen LogP contribution in [0.4, 0.5) is 5.69 Å². The second-order valence-corrected chi connectivity index (χ2v) is 4.34. The fourth-order valence-electron chi connectivity index (χ4n) is 1.76. The topological polar surface area (TPSA) is 74.8 Å². The van der Waals surface area contributed by atoms with Crippen molar-refractivity contribution in [3.05, 3.63) is 53.5 Å². The molecule has 0 bridgehead atoms. The Kier molecular flexibility index (Phi) is 4.20. The predicted octanol–water partition coefficient (Wildman–Crippen LogP) is 3.29. The van der Waals surface area contributed by atoms with Crippen molar-refractivity contribution in [2.24, 2.45) is 5.16 Å². The quantitative estimate of drug-likeness (QED) is 0.509. The number of hydrogen-bond donors (Lipinski definition) is 2. The van der Waals surface area contributed by atoms with Crippen molar-refractivity contribution in [3.8, 4) is 0 Å². The molecule has 2 rings (SSSR count). The summed E-state index contributed by atoms with van der Waals surface area (Å²) in [5.74, 6) is 0.743. The zero-order valence-electron chi connectivity index (χ0n) is 11.4. The van der Waals surface area contributed by atoms with Crippen molar-refractivity contribution in [1.82, 2.24) is 0 Å². The first kappa shape index (κ1) is 13.9. The van der Waals surface area contributed by atoms with Crippen molar-refractivity contribution in [3.63, 3.8) is 0 Å². The van der Waals surface area contributed by atoms with Crippen LogP contribution < -0.4 is 5.32 Å². The molecule has 1 heterocycles. The van der Waals surface area contributed by atoms with Gasteiger partial charge in [0.2, 0.25) is 0 Å². The molecule has 0 unspecified atom stereocenters. The highest BCUT2D eigenvalue weighted by atomic mass is 16.4. The van der Waals surface area contributed by atoms with E-state index in [1.54, 1.807) is 43.3 Å². The first-order valence-electron chi connectivity index (χ1n) is 6.33. The summed E-state index contributed by atoms with van der Waals surface area (Å²) < 4.78 is 5.39. The molecule has 0 saturated carbocycles. The van der Waals surface area contributed by atoms with Gasteiger partial charge in [0.1, 0.15) is 5.76 Å². The van der Waals surface area contributed by atoms with Crippen LogP contribution in [0.25, 0.3) is 0 Å². The summed E-state index contributed by atoms with van der Waals surface area (Å²) in [4.78, 5) is 12.0. The molecule has 0 spiro atoms. The number of aryl methyl sites for hydroxylation is 1. The smallest absolute Gasteiger partial charge is 0.291 e. The Morgan fingerprint density at radius 2 is 2.15 bits per heavy atom. The van der Waals surface area contributed by atoms with Crippen molar-refractivity contribution >= 4 is 17.3 Å². The Bertz CT molecular complexity index is 644. The summed E-state index contributed by atoms with van der Waals surface area (Å²) in [6.07, 6.45) is 0.745. The second-order valence-electron chi connectivity index (χ2n) is 4.34. The first-order valence-corrected chi connectivity index (χ1v) is 6.33. The van der Waals surface area contributed by atoms with Crippen LogP contribution >= 0.6 is 0 Å². The van der Waals surface area contributed by atoms with Gasteiger partial charge in [0, 0.05) is 17.7 Å². The highest BCUT2D eigenvalue weighted by molar-refractivity contribution is 6.04. The molecular formula is C15H16N2O3. The zero-order chi connectivity index (χ0) is 14.5. The maximum absolute atomic E-state index is 12.0. The molecule has 104 valence electrons. The third-order valence-electron chi connectivity index (χ3n) is 2.92. The highest BCUT2D eigenvalue weighted by Gasteiger charge is 2.11. The van der Waals surface area contributed by atoms with Gasteiger partial charge in [-0.3, -0.25) is 4.79 Å². The number of furan rings is 1. The van der Waals surface area contributed by atoms with Gasteiger partial charge in [0.05, 0.1) is 5.71 Å². The van der Waals surface area contributed by atoms with Gasteiger partial charge in [-0.1, -0.05) is 24.2 Å². The van der Waals surface area contributed by atoms with E-state index in [1.807, 2.05) is 6.92 Å². The Morgan fingerprint density at radius 1 is 1.35 bits per heavy atom. The molecule has 2 aromatic rings. The molecule has 0 aliphatic carbocycles. The maximum Gasteiger partial charge on any atom is 0.291 e. The van der Waals surface area contributed by atoms with Gasteiger partial charge in [-0.05, 0) is 31.2 Å². The Balaban J connectivity index is 2.15. The third-order valence-corrected chi connectivity index (χ3v) is 2.92. The van der Waals surface area contributed by atoms with E-state index in [0.29, 0.717) is 11.4 Å². The van der Waals surface area contributed by atoms with E-state index in [9.17, 15) is 4.79 Å². The average Bonchev–Trinajstić information content (AvgIpc) is 2.95. The molecule has 2 N–H and O–H groups in total. The number of benzene rings is 1. The third kappa shape index (κ3) is 3.06. The number of nitrogens with zero attached hydrogens (tertiary/aromatic N) is 1. The molecule has 0 aliphatic heterocycles. The maximum atomic E-state index is 12.0. The average molecular weight is 272 g/mol. The molecule has 0 radical (unpaired) electrons. The van der Waals surface area contributed by atoms with Gasteiger partial charge in [-0.25, -0.2) is 0 Å². The zero-order valence-corrected chi connectivity index (χ0v) is 11.4. The summed E-state index contributed by atoms with van der Waals surface area (Å²) in [5, 5.41) is 14.6. The number of carbonyl (C=O) groups excluding carboxylic acids is 1. The van der Waals surface area contributed by atoms with Gasteiger partial charge in [-0.2, -0.15) is 0 Å². The largest absolute Gasteiger partial charge is 0.456 e. The fraction of sp³-hybridized carbons (Fsp3) is 0.200. The highest BCUT2D eigenvalue weighted by Crippen LogP contribution is 2.15. The Labute approximate surface area is 116 Å². The van der Waals surface area contributed by atoms with E-state index in [-0.39, 0.29) is 11.7 Å². The van der Waals surface area contributed by atoms with Gasteiger partial charge in [0.15, 0.2) is 5.76 Å². The molecule has 0 saturated heterocycles. The molecule has 20 heavy (non-hydrogen) atoms. The van der Waals surface area contributed by atoms with E-state index < -0.39 is 0 Å². The number of rotatable bonds is 4. The first-order chi connectivity index (χ1) is 9.63. The van der Waals surface area contributed by atoms with Crippen LogP contribution in [0.3, 0.4) is 0 Å².